The van der Waals surface area contributed by atoms with Crippen molar-refractivity contribution in [2.24, 2.45) is 0 Å². The average molecular weight is 494 g/mol. The van der Waals surface area contributed by atoms with E-state index in [4.69, 9.17) is 0 Å². The number of rotatable bonds is 4. The second-order valence-electron chi connectivity index (χ2n) is 9.24. The monoisotopic (exact) mass is 492 g/mol. The van der Waals surface area contributed by atoms with E-state index in [2.05, 4.69) is 41.6 Å². The molecule has 8 bridgehead atoms. The van der Waals surface area contributed by atoms with Crippen LogP contribution in [0.5, 0.6) is 0 Å². The van der Waals surface area contributed by atoms with Crippen LogP contribution in [0.3, 0.4) is 0 Å². The van der Waals surface area contributed by atoms with E-state index in [0.29, 0.717) is 0 Å². The van der Waals surface area contributed by atoms with Crippen LogP contribution in [0.2, 0.25) is 0 Å². The minimum atomic E-state index is 0. The lowest BCUT2D eigenvalue weighted by Gasteiger charge is -2.61. The number of quaternary nitrogens is 2. The first kappa shape index (κ1) is 19.7. The van der Waals surface area contributed by atoms with Crippen LogP contribution >= 0.6 is 0 Å². The van der Waals surface area contributed by atoms with Crippen LogP contribution < -0.4 is 34.0 Å². The van der Waals surface area contributed by atoms with Crippen LogP contribution in [0.15, 0.2) is 12.2 Å². The molecule has 8 nitrogen and oxygen atoms in total. The standard InChI is InChI=1S/C16H30N8.2BrH/c1(3-23-11-17-5-18(12-23)7-19(6-17)13-23)2-4-24-14-20-8-21(15-24)10-22(9-20)16-24;;/h1-2H,3-16H2;2*1H/q+2;;/p-2. The van der Waals surface area contributed by atoms with Crippen LogP contribution in [0, 0.1) is 0 Å². The topological polar surface area (TPSA) is 19.4 Å². The van der Waals surface area contributed by atoms with Gasteiger partial charge < -0.3 is 34.0 Å². The molecule has 0 atom stereocenters. The molecule has 10 heteroatoms. The van der Waals surface area contributed by atoms with Crippen molar-refractivity contribution in [2.75, 3.05) is 93.1 Å². The summed E-state index contributed by atoms with van der Waals surface area (Å²) in [6, 6.07) is 0. The van der Waals surface area contributed by atoms with Crippen molar-refractivity contribution in [3.63, 3.8) is 0 Å². The molecule has 26 heavy (non-hydrogen) atoms. The van der Waals surface area contributed by atoms with Gasteiger partial charge in [0.05, 0.1) is 40.0 Å². The fraction of sp³-hybridized carbons (Fsp3) is 0.875. The van der Waals surface area contributed by atoms with Crippen molar-refractivity contribution in [1.82, 2.24) is 29.4 Å². The molecule has 8 saturated heterocycles. The van der Waals surface area contributed by atoms with Gasteiger partial charge in [0.15, 0.2) is 0 Å². The second kappa shape index (κ2) is 7.01. The SMILES string of the molecule is C(=CC[N+]12CN3CN(CN(C3)C1)C2)C[N+]12CN3CN(CN(C3)C1)C2.[Br-].[Br-]. The summed E-state index contributed by atoms with van der Waals surface area (Å²) in [7, 11) is 0. The van der Waals surface area contributed by atoms with Gasteiger partial charge in [-0.1, -0.05) is 0 Å². The van der Waals surface area contributed by atoms with Crippen molar-refractivity contribution in [1.29, 1.82) is 0 Å². The highest BCUT2D eigenvalue weighted by Gasteiger charge is 2.49. The summed E-state index contributed by atoms with van der Waals surface area (Å²) in [5.41, 5.74) is 0. The van der Waals surface area contributed by atoms with Gasteiger partial charge in [0, 0.05) is 0 Å². The van der Waals surface area contributed by atoms with Crippen molar-refractivity contribution in [2.45, 2.75) is 0 Å². The third-order valence-corrected chi connectivity index (χ3v) is 6.55. The van der Waals surface area contributed by atoms with E-state index >= 15 is 0 Å². The van der Waals surface area contributed by atoms with E-state index in [1.54, 1.807) is 0 Å². The van der Waals surface area contributed by atoms with Gasteiger partial charge in [-0.05, 0) is 12.2 Å². The number of hydrogen-bond donors (Lipinski definition) is 0. The van der Waals surface area contributed by atoms with Crippen molar-refractivity contribution >= 4 is 0 Å². The number of halogens is 2. The van der Waals surface area contributed by atoms with E-state index in [-0.39, 0.29) is 34.0 Å². The van der Waals surface area contributed by atoms with E-state index in [0.717, 1.165) is 0 Å². The Morgan fingerprint density at radius 2 is 0.692 bits per heavy atom. The molecular weight excluding hydrogens is 464 g/mol. The van der Waals surface area contributed by atoms with Gasteiger partial charge >= 0.3 is 0 Å². The predicted molar refractivity (Wildman–Crippen MR) is 88.8 cm³/mol. The van der Waals surface area contributed by atoms with Crippen LogP contribution in [-0.4, -0.2) is 131 Å². The van der Waals surface area contributed by atoms with Gasteiger partial charge in [-0.15, -0.1) is 0 Å². The molecule has 0 aromatic heterocycles. The first-order valence-electron chi connectivity index (χ1n) is 9.37. The Labute approximate surface area is 177 Å². The molecule has 148 valence electrons. The molecule has 0 aliphatic carbocycles. The van der Waals surface area contributed by atoms with E-state index in [1.165, 1.54) is 102 Å². The Morgan fingerprint density at radius 3 is 0.923 bits per heavy atom. The van der Waals surface area contributed by atoms with Crippen LogP contribution in [0.25, 0.3) is 0 Å². The van der Waals surface area contributed by atoms with Gasteiger partial charge in [0.25, 0.3) is 0 Å². The van der Waals surface area contributed by atoms with Gasteiger partial charge in [0.1, 0.15) is 53.1 Å². The summed E-state index contributed by atoms with van der Waals surface area (Å²) < 4.78 is 2.45. The van der Waals surface area contributed by atoms with Gasteiger partial charge in [-0.25, -0.2) is 29.4 Å². The fourth-order valence-corrected chi connectivity index (χ4v) is 6.26. The Morgan fingerprint density at radius 1 is 0.462 bits per heavy atom. The van der Waals surface area contributed by atoms with Gasteiger partial charge in [-0.3, -0.25) is 8.97 Å². The Balaban J connectivity index is 0.000000841. The molecule has 8 fully saturated rings. The first-order valence-corrected chi connectivity index (χ1v) is 9.37. The zero-order valence-corrected chi connectivity index (χ0v) is 18.6. The minimum absolute atomic E-state index is 0. The number of hydrogen-bond acceptors (Lipinski definition) is 6. The van der Waals surface area contributed by atoms with Gasteiger partial charge in [-0.2, -0.15) is 0 Å². The highest BCUT2D eigenvalue weighted by Crippen LogP contribution is 2.30. The highest BCUT2D eigenvalue weighted by molar-refractivity contribution is 4.86. The highest BCUT2D eigenvalue weighted by atomic mass is 79.9. The summed E-state index contributed by atoms with van der Waals surface area (Å²) >= 11 is 0. The minimum Gasteiger partial charge on any atom is -1.00 e. The summed E-state index contributed by atoms with van der Waals surface area (Å²) in [6.45, 7) is 16.9. The lowest BCUT2D eigenvalue weighted by Crippen LogP contribution is -3.00. The van der Waals surface area contributed by atoms with Crippen LogP contribution in [-0.2, 0) is 0 Å². The van der Waals surface area contributed by atoms with Crippen molar-refractivity contribution < 1.29 is 42.9 Å². The number of nitrogens with zero attached hydrogens (tertiary/aromatic N) is 8. The zero-order chi connectivity index (χ0) is 15.8. The Bertz CT molecular complexity index is 452. The van der Waals surface area contributed by atoms with Crippen molar-refractivity contribution in [3.8, 4) is 0 Å². The van der Waals surface area contributed by atoms with Crippen molar-refractivity contribution in [3.05, 3.63) is 12.2 Å². The molecule has 0 unspecified atom stereocenters. The molecule has 0 N–H and O–H groups in total. The summed E-state index contributed by atoms with van der Waals surface area (Å²) in [5, 5.41) is 0. The second-order valence-corrected chi connectivity index (χ2v) is 9.24. The quantitative estimate of drug-likeness (QED) is 0.284. The van der Waals surface area contributed by atoms with E-state index < -0.39 is 0 Å². The third-order valence-electron chi connectivity index (χ3n) is 6.55. The smallest absolute Gasteiger partial charge is 0.139 e. The Kier molecular flexibility index (Phi) is 5.31. The molecule has 0 saturated carbocycles. The summed E-state index contributed by atoms with van der Waals surface area (Å²) in [6.07, 6.45) is 4.99. The van der Waals surface area contributed by atoms with Gasteiger partial charge in [0.2, 0.25) is 0 Å². The normalized spacial score (nSPS) is 52.9. The molecule has 8 rings (SSSR count). The Hall–Kier alpha value is 0.380. The molecular formula is C16H30Br2N8. The lowest BCUT2D eigenvalue weighted by molar-refractivity contribution is -0.977. The summed E-state index contributed by atoms with van der Waals surface area (Å²) in [4.78, 5) is 15.6. The maximum Gasteiger partial charge on any atom is 0.139 e. The molecule has 0 amide bonds. The average Bonchev–Trinajstić information content (AvgIpc) is 2.49. The predicted octanol–water partition coefficient (Wildman–Crippen LogP) is -7.43. The van der Waals surface area contributed by atoms with E-state index in [9.17, 15) is 0 Å². The molecule has 8 aliphatic rings. The maximum atomic E-state index is 2.60. The molecule has 8 aliphatic heterocycles. The van der Waals surface area contributed by atoms with Crippen LogP contribution in [0.4, 0.5) is 0 Å². The molecule has 0 radical (unpaired) electrons. The molecule has 0 aromatic rings. The fourth-order valence-electron chi connectivity index (χ4n) is 6.26. The largest absolute Gasteiger partial charge is 1.00 e. The molecule has 8 heterocycles. The molecule has 0 spiro atoms. The van der Waals surface area contributed by atoms with Crippen LogP contribution in [0.1, 0.15) is 0 Å². The third kappa shape index (κ3) is 3.32. The van der Waals surface area contributed by atoms with E-state index in [1.807, 2.05) is 0 Å². The molecule has 0 aromatic carbocycles. The lowest BCUT2D eigenvalue weighted by atomic mass is 10.2. The summed E-state index contributed by atoms with van der Waals surface area (Å²) in [5.74, 6) is 0. The zero-order valence-electron chi connectivity index (χ0n) is 15.4. The maximum absolute atomic E-state index is 2.60. The first-order chi connectivity index (χ1) is 11.7.